The minimum absolute atomic E-state index is 0.0376. The number of nitro benzene ring substituents is 1. The van der Waals surface area contributed by atoms with Gasteiger partial charge in [0, 0.05) is 29.3 Å². The number of esters is 1. The summed E-state index contributed by atoms with van der Waals surface area (Å²) in [6.45, 7) is 3.87. The fourth-order valence-electron chi connectivity index (χ4n) is 5.35. The minimum Gasteiger partial charge on any atom is -0.466 e. The van der Waals surface area contributed by atoms with E-state index in [1.54, 1.807) is 61.2 Å². The van der Waals surface area contributed by atoms with Gasteiger partial charge >= 0.3 is 5.97 Å². The number of benzene rings is 4. The normalized spacial score (nSPS) is 14.9. The van der Waals surface area contributed by atoms with Crippen molar-refractivity contribution in [1.82, 2.24) is 4.90 Å². The number of nitro groups is 1. The van der Waals surface area contributed by atoms with Gasteiger partial charge in [-0.05, 0) is 55.3 Å². The van der Waals surface area contributed by atoms with Crippen molar-refractivity contribution >= 4 is 29.2 Å². The van der Waals surface area contributed by atoms with Gasteiger partial charge in [-0.1, -0.05) is 72.5 Å². The van der Waals surface area contributed by atoms with Gasteiger partial charge in [0.2, 0.25) is 0 Å². The van der Waals surface area contributed by atoms with Gasteiger partial charge in [-0.2, -0.15) is 0 Å². The molecule has 9 heteroatoms. The maximum Gasteiger partial charge on any atom is 0.307 e. The molecule has 4 aromatic rings. The number of carbonyl (C=O) groups excluding carboxylic acids is 3. The highest BCUT2D eigenvalue weighted by molar-refractivity contribution is 6.11. The Labute approximate surface area is 261 Å². The van der Waals surface area contributed by atoms with E-state index >= 15 is 0 Å². The number of hydrogen-bond acceptors (Lipinski definition) is 6. The van der Waals surface area contributed by atoms with Crippen molar-refractivity contribution in [3.8, 4) is 11.8 Å². The molecule has 5 rings (SSSR count). The first-order valence-electron chi connectivity index (χ1n) is 14.6. The monoisotopic (exact) mass is 601 g/mol. The van der Waals surface area contributed by atoms with Gasteiger partial charge in [-0.15, -0.1) is 0 Å². The lowest BCUT2D eigenvalue weighted by Crippen LogP contribution is -2.47. The third kappa shape index (κ3) is 6.92. The van der Waals surface area contributed by atoms with Crippen LogP contribution in [0.1, 0.15) is 58.9 Å². The summed E-state index contributed by atoms with van der Waals surface area (Å²) in [7, 11) is 0. The average molecular weight is 602 g/mol. The van der Waals surface area contributed by atoms with Crippen LogP contribution in [-0.4, -0.2) is 40.3 Å². The highest BCUT2D eigenvalue weighted by Crippen LogP contribution is 2.37. The lowest BCUT2D eigenvalue weighted by atomic mass is 10.0. The highest BCUT2D eigenvalue weighted by Gasteiger charge is 2.43. The predicted octanol–water partition coefficient (Wildman–Crippen LogP) is 6.07. The first kappa shape index (κ1) is 30.7. The van der Waals surface area contributed by atoms with Crippen LogP contribution < -0.4 is 4.90 Å². The molecule has 226 valence electrons. The van der Waals surface area contributed by atoms with E-state index in [-0.39, 0.29) is 36.7 Å². The van der Waals surface area contributed by atoms with Crippen LogP contribution in [0.25, 0.3) is 0 Å². The molecule has 2 amide bonds. The zero-order valence-electron chi connectivity index (χ0n) is 24.9. The summed E-state index contributed by atoms with van der Waals surface area (Å²) < 4.78 is 5.19. The Bertz CT molecular complexity index is 1780. The van der Waals surface area contributed by atoms with Crippen LogP contribution in [0.4, 0.5) is 11.4 Å². The van der Waals surface area contributed by atoms with Crippen LogP contribution in [0.15, 0.2) is 103 Å². The summed E-state index contributed by atoms with van der Waals surface area (Å²) in [6.07, 6.45) is -0.0934. The van der Waals surface area contributed by atoms with Crippen molar-refractivity contribution < 1.29 is 24.0 Å². The Kier molecular flexibility index (Phi) is 9.34. The fourth-order valence-corrected chi connectivity index (χ4v) is 5.35. The molecule has 0 radical (unpaired) electrons. The summed E-state index contributed by atoms with van der Waals surface area (Å²) in [5.41, 5.74) is 3.25. The van der Waals surface area contributed by atoms with Gasteiger partial charge < -0.3 is 14.5 Å². The second-order valence-electron chi connectivity index (χ2n) is 10.6. The standard InChI is InChI=1S/C36H31N3O6/c1-3-45-33(40)22-25(2)38-34(29-12-8-5-9-13-29)36(42)37(24-28-10-6-4-7-11-28)32-21-18-27(23-31(32)35(38)41)15-14-26-16-19-30(20-17-26)39(43)44/h4-13,16-21,23,25,34H,3,22,24H2,1-2H3. The molecule has 0 fully saturated rings. The van der Waals surface area contributed by atoms with Crippen molar-refractivity contribution in [3.63, 3.8) is 0 Å². The summed E-state index contributed by atoms with van der Waals surface area (Å²) in [6, 6.07) is 27.9. The largest absolute Gasteiger partial charge is 0.466 e. The number of fused-ring (bicyclic) bond motifs is 1. The van der Waals surface area contributed by atoms with Gasteiger partial charge in [-0.25, -0.2) is 0 Å². The second-order valence-corrected chi connectivity index (χ2v) is 10.6. The molecule has 2 unspecified atom stereocenters. The molecule has 0 N–H and O–H groups in total. The predicted molar refractivity (Wildman–Crippen MR) is 169 cm³/mol. The maximum atomic E-state index is 14.6. The van der Waals surface area contributed by atoms with Gasteiger partial charge in [-0.3, -0.25) is 24.5 Å². The summed E-state index contributed by atoms with van der Waals surface area (Å²) in [5.74, 6) is 4.84. The molecule has 0 bridgehead atoms. The van der Waals surface area contributed by atoms with Crippen LogP contribution >= 0.6 is 0 Å². The van der Waals surface area contributed by atoms with Crippen molar-refractivity contribution in [1.29, 1.82) is 0 Å². The molecular weight excluding hydrogens is 570 g/mol. The van der Waals surface area contributed by atoms with E-state index in [0.717, 1.165) is 5.56 Å². The van der Waals surface area contributed by atoms with Crippen molar-refractivity contribution in [2.75, 3.05) is 11.5 Å². The Morgan fingerprint density at radius 1 is 0.911 bits per heavy atom. The SMILES string of the molecule is CCOC(=O)CC(C)N1C(=O)c2cc(C#Cc3ccc([N+](=O)[O-])cc3)ccc2N(Cc2ccccc2)C(=O)C1c1ccccc1. The van der Waals surface area contributed by atoms with E-state index in [1.165, 1.54) is 17.0 Å². The van der Waals surface area contributed by atoms with E-state index < -0.39 is 28.9 Å². The number of carbonyl (C=O) groups is 3. The van der Waals surface area contributed by atoms with Gasteiger partial charge in [0.25, 0.3) is 17.5 Å². The van der Waals surface area contributed by atoms with E-state index in [0.29, 0.717) is 22.4 Å². The number of nitrogens with zero attached hydrogens (tertiary/aromatic N) is 3. The molecule has 9 nitrogen and oxygen atoms in total. The molecule has 0 aromatic heterocycles. The van der Waals surface area contributed by atoms with Gasteiger partial charge in [0.1, 0.15) is 6.04 Å². The smallest absolute Gasteiger partial charge is 0.307 e. The molecule has 4 aromatic carbocycles. The maximum absolute atomic E-state index is 14.6. The highest BCUT2D eigenvalue weighted by atomic mass is 16.6. The Hall–Kier alpha value is -5.75. The minimum atomic E-state index is -1.01. The first-order chi connectivity index (χ1) is 21.8. The zero-order valence-corrected chi connectivity index (χ0v) is 24.9. The van der Waals surface area contributed by atoms with Crippen LogP contribution in [0.5, 0.6) is 0 Å². The van der Waals surface area contributed by atoms with E-state index in [2.05, 4.69) is 11.8 Å². The summed E-state index contributed by atoms with van der Waals surface area (Å²) in [5, 5.41) is 11.0. The number of amides is 2. The van der Waals surface area contributed by atoms with Crippen LogP contribution in [-0.2, 0) is 20.9 Å². The molecule has 1 aliphatic heterocycles. The van der Waals surface area contributed by atoms with Crippen LogP contribution in [0, 0.1) is 22.0 Å². The molecule has 2 atom stereocenters. The third-order valence-corrected chi connectivity index (χ3v) is 7.50. The molecule has 0 spiro atoms. The molecule has 1 aliphatic rings. The third-order valence-electron chi connectivity index (χ3n) is 7.50. The van der Waals surface area contributed by atoms with Crippen molar-refractivity contribution in [2.45, 2.75) is 38.9 Å². The van der Waals surface area contributed by atoms with Crippen molar-refractivity contribution in [3.05, 3.63) is 141 Å². The summed E-state index contributed by atoms with van der Waals surface area (Å²) >= 11 is 0. The lowest BCUT2D eigenvalue weighted by Gasteiger charge is -2.35. The topological polar surface area (TPSA) is 110 Å². The van der Waals surface area contributed by atoms with E-state index in [1.807, 2.05) is 48.5 Å². The molecule has 1 heterocycles. The Morgan fingerprint density at radius 2 is 1.53 bits per heavy atom. The van der Waals surface area contributed by atoms with Crippen LogP contribution in [0.2, 0.25) is 0 Å². The molecule has 0 saturated carbocycles. The number of non-ortho nitro benzene ring substituents is 1. The molecular formula is C36H31N3O6. The zero-order chi connectivity index (χ0) is 31.9. The van der Waals surface area contributed by atoms with Gasteiger partial charge in [0.15, 0.2) is 0 Å². The Balaban J connectivity index is 1.63. The quantitative estimate of drug-likeness (QED) is 0.105. The molecule has 0 saturated heterocycles. The molecule has 0 aliphatic carbocycles. The lowest BCUT2D eigenvalue weighted by molar-refractivity contribution is -0.384. The van der Waals surface area contributed by atoms with E-state index in [4.69, 9.17) is 4.74 Å². The average Bonchev–Trinajstić information content (AvgIpc) is 3.13. The summed E-state index contributed by atoms with van der Waals surface area (Å²) in [4.78, 5) is 55.4. The number of anilines is 1. The van der Waals surface area contributed by atoms with Gasteiger partial charge in [0.05, 0.1) is 35.7 Å². The first-order valence-corrected chi connectivity index (χ1v) is 14.6. The fraction of sp³-hybridized carbons (Fsp3) is 0.194. The molecule has 45 heavy (non-hydrogen) atoms. The van der Waals surface area contributed by atoms with Crippen molar-refractivity contribution in [2.24, 2.45) is 0 Å². The van der Waals surface area contributed by atoms with Crippen LogP contribution in [0.3, 0.4) is 0 Å². The second kappa shape index (κ2) is 13.7. The number of hydrogen-bond donors (Lipinski definition) is 0. The number of rotatable bonds is 8. The number of ether oxygens (including phenoxy) is 1. The Morgan fingerprint density at radius 3 is 2.18 bits per heavy atom. The van der Waals surface area contributed by atoms with E-state index in [9.17, 15) is 24.5 Å².